The lowest BCUT2D eigenvalue weighted by molar-refractivity contribution is -0.350. The first kappa shape index (κ1) is 47.8. The first-order valence-corrected chi connectivity index (χ1v) is 23.2. The maximum atomic E-state index is 8.27. The van der Waals surface area contributed by atoms with Gasteiger partial charge in [-0.1, -0.05) is 156 Å². The van der Waals surface area contributed by atoms with Gasteiger partial charge >= 0.3 is 0 Å². The molecule has 4 aromatic rings. The maximum absolute atomic E-state index is 8.27. The second-order valence-electron chi connectivity index (χ2n) is 17.4. The molecule has 1 N–H and O–H groups in total. The third-order valence-corrected chi connectivity index (χ3v) is 12.5. The average molecular weight is 971 g/mol. The summed E-state index contributed by atoms with van der Waals surface area (Å²) in [4.78, 5) is 0. The van der Waals surface area contributed by atoms with Crippen molar-refractivity contribution in [2.75, 3.05) is 19.8 Å². The minimum atomic E-state index is -2.13. The smallest absolute Gasteiger partial charge is 0.265 e. The normalized spacial score (nSPS) is 33.8. The Kier molecular flexibility index (Phi) is 15.0. The van der Waals surface area contributed by atoms with Crippen molar-refractivity contribution < 1.29 is 61.6 Å². The third kappa shape index (κ3) is 11.1. The van der Waals surface area contributed by atoms with E-state index in [0.29, 0.717) is 6.61 Å². The Hall–Kier alpha value is -3.26. The van der Waals surface area contributed by atoms with Crippen LogP contribution in [0, 0.1) is 5.41 Å². The molecule has 14 nitrogen and oxygen atoms in total. The van der Waals surface area contributed by atoms with E-state index in [1.807, 2.05) is 121 Å². The van der Waals surface area contributed by atoms with Crippen molar-refractivity contribution in [2.45, 2.75) is 130 Å². The first-order valence-electron chi connectivity index (χ1n) is 22.0. The fourth-order valence-electron chi connectivity index (χ4n) is 8.82. The molecule has 9 rings (SSSR count). The zero-order chi connectivity index (χ0) is 45.9. The summed E-state index contributed by atoms with van der Waals surface area (Å²) in [6.07, 6.45) is -10.3. The number of alkyl halides is 3. The van der Waals surface area contributed by atoms with E-state index in [1.54, 1.807) is 20.8 Å². The van der Waals surface area contributed by atoms with E-state index < -0.39 is 95.1 Å². The summed E-state index contributed by atoms with van der Waals surface area (Å²) in [5.74, 6) is -1.72. The molecule has 0 bridgehead atoms. The van der Waals surface area contributed by atoms with Gasteiger partial charge in [0.1, 0.15) is 42.2 Å². The standard InChI is InChI=1S/C49H54Cl3NO13/c1-30-36(38-40(65-47(2,3)64-38)44(59-30)63-46(53)49(50,51)52)60-43-39(56-26-33-20-12-6-13-21-33)37(35(27-57-43)55-25-32-18-10-5-11-19-32)61-45-41-48(29-58-45,28-54-24-31-16-8-4-9-17-31)66-42(62-41)34-22-14-7-15-23-34/h4-23,30,35-45,53H,24-29H2,1-3H3/t30?,35-,36+,37?,38?,39?,40?,41?,42+,43+,44+,45+,48?/m1/s1. The molecule has 354 valence electrons. The van der Waals surface area contributed by atoms with Gasteiger partial charge in [0.15, 0.2) is 30.8 Å². The summed E-state index contributed by atoms with van der Waals surface area (Å²) in [5.41, 5.74) is 2.71. The van der Waals surface area contributed by atoms with Crippen LogP contribution in [-0.4, -0.2) is 109 Å². The Morgan fingerprint density at radius 3 is 1.86 bits per heavy atom. The number of nitrogens with one attached hydrogen (secondary N) is 1. The Morgan fingerprint density at radius 2 is 1.23 bits per heavy atom. The summed E-state index contributed by atoms with van der Waals surface area (Å²) >= 11 is 18.0. The molecule has 0 spiro atoms. The summed E-state index contributed by atoms with van der Waals surface area (Å²) in [6.45, 7) is 6.45. The molecule has 0 aromatic heterocycles. The van der Waals surface area contributed by atoms with Gasteiger partial charge in [0.2, 0.25) is 12.2 Å². The lowest BCUT2D eigenvalue weighted by Crippen LogP contribution is -2.63. The van der Waals surface area contributed by atoms with Crippen LogP contribution in [0.15, 0.2) is 121 Å². The van der Waals surface area contributed by atoms with Gasteiger partial charge in [0.25, 0.3) is 3.79 Å². The zero-order valence-electron chi connectivity index (χ0n) is 36.7. The van der Waals surface area contributed by atoms with E-state index in [9.17, 15) is 0 Å². The summed E-state index contributed by atoms with van der Waals surface area (Å²) in [6, 6.07) is 39.3. The van der Waals surface area contributed by atoms with Gasteiger partial charge in [-0.2, -0.15) is 0 Å². The van der Waals surface area contributed by atoms with Gasteiger partial charge in [-0.05, 0) is 37.5 Å². The molecule has 5 aliphatic heterocycles. The minimum absolute atomic E-state index is 0.0468. The minimum Gasteiger partial charge on any atom is -0.445 e. The molecule has 5 heterocycles. The van der Waals surface area contributed by atoms with Crippen LogP contribution in [0.1, 0.15) is 49.3 Å². The number of hydrogen-bond donors (Lipinski definition) is 1. The lowest BCUT2D eigenvalue weighted by Gasteiger charge is -2.46. The molecule has 0 aliphatic carbocycles. The molecule has 5 fully saturated rings. The maximum Gasteiger partial charge on any atom is 0.265 e. The monoisotopic (exact) mass is 969 g/mol. The van der Waals surface area contributed by atoms with E-state index in [4.69, 9.17) is 102 Å². The quantitative estimate of drug-likeness (QED) is 0.0654. The van der Waals surface area contributed by atoms with Crippen LogP contribution in [0.3, 0.4) is 0 Å². The van der Waals surface area contributed by atoms with Gasteiger partial charge in [0.05, 0.1) is 45.7 Å². The van der Waals surface area contributed by atoms with Gasteiger partial charge in [-0.3, -0.25) is 5.41 Å². The van der Waals surface area contributed by atoms with E-state index in [-0.39, 0.29) is 33.0 Å². The number of rotatable bonds is 16. The summed E-state index contributed by atoms with van der Waals surface area (Å²) in [7, 11) is 0. The fourth-order valence-corrected chi connectivity index (χ4v) is 8.96. The SMILES string of the molecule is CC1O[C@@H](OC(=N)C(Cl)(Cl)Cl)C2OC(C)(C)OC2[C@H]1O[C@@H]1OC[C@@H](OCc2ccccc2)C(O[C@@H]2OCC3(COCc4ccccc4)O[C@@H](c4ccccc4)OC23)C1OCc1ccccc1. The third-order valence-electron chi connectivity index (χ3n) is 12.0. The average Bonchev–Trinajstić information content (AvgIpc) is 3.97. The van der Waals surface area contributed by atoms with Crippen molar-refractivity contribution >= 4 is 40.7 Å². The second-order valence-corrected chi connectivity index (χ2v) is 19.6. The molecular formula is C49H54Cl3NO13. The molecule has 5 aliphatic rings. The Labute approximate surface area is 399 Å². The van der Waals surface area contributed by atoms with Crippen molar-refractivity contribution in [1.29, 1.82) is 5.41 Å². The van der Waals surface area contributed by atoms with E-state index in [1.165, 1.54) is 0 Å². The highest BCUT2D eigenvalue weighted by Gasteiger charge is 2.62. The molecule has 0 radical (unpaired) electrons. The Bertz CT molecular complexity index is 2180. The Morgan fingerprint density at radius 1 is 0.652 bits per heavy atom. The van der Waals surface area contributed by atoms with E-state index >= 15 is 0 Å². The summed E-state index contributed by atoms with van der Waals surface area (Å²) < 4.78 is 83.2. The van der Waals surface area contributed by atoms with Crippen LogP contribution in [0.4, 0.5) is 0 Å². The molecule has 0 amide bonds. The van der Waals surface area contributed by atoms with Crippen molar-refractivity contribution in [3.05, 3.63) is 144 Å². The topological polar surface area (TPSA) is 144 Å². The second kappa shape index (κ2) is 20.8. The lowest BCUT2D eigenvalue weighted by atomic mass is 9.98. The number of hydrogen-bond acceptors (Lipinski definition) is 14. The van der Waals surface area contributed by atoms with Crippen LogP contribution in [0.2, 0.25) is 0 Å². The molecule has 0 saturated carbocycles. The van der Waals surface area contributed by atoms with Crippen molar-refractivity contribution in [1.82, 2.24) is 0 Å². The molecule has 13 atom stereocenters. The van der Waals surface area contributed by atoms with Crippen molar-refractivity contribution in [2.24, 2.45) is 0 Å². The summed E-state index contributed by atoms with van der Waals surface area (Å²) in [5, 5.41) is 8.27. The molecule has 66 heavy (non-hydrogen) atoms. The first-order chi connectivity index (χ1) is 31.8. The number of ether oxygens (including phenoxy) is 13. The largest absolute Gasteiger partial charge is 0.445 e. The van der Waals surface area contributed by atoms with Crippen LogP contribution in [0.5, 0.6) is 0 Å². The number of fused-ring (bicyclic) bond motifs is 2. The van der Waals surface area contributed by atoms with Gasteiger partial charge in [-0.15, -0.1) is 0 Å². The predicted molar refractivity (Wildman–Crippen MR) is 240 cm³/mol. The molecular weight excluding hydrogens is 917 g/mol. The molecule has 5 saturated heterocycles. The van der Waals surface area contributed by atoms with Crippen LogP contribution >= 0.6 is 34.8 Å². The highest BCUT2D eigenvalue weighted by atomic mass is 35.6. The van der Waals surface area contributed by atoms with Crippen molar-refractivity contribution in [3.63, 3.8) is 0 Å². The van der Waals surface area contributed by atoms with E-state index in [2.05, 4.69) is 0 Å². The van der Waals surface area contributed by atoms with Gasteiger partial charge in [-0.25, -0.2) is 0 Å². The van der Waals surface area contributed by atoms with Crippen molar-refractivity contribution in [3.8, 4) is 0 Å². The molecule has 4 aromatic carbocycles. The highest BCUT2D eigenvalue weighted by Crippen LogP contribution is 2.47. The number of benzene rings is 4. The van der Waals surface area contributed by atoms with Gasteiger partial charge in [0, 0.05) is 5.56 Å². The van der Waals surface area contributed by atoms with E-state index in [0.717, 1.165) is 22.3 Å². The molecule has 17 heteroatoms. The Balaban J connectivity index is 1.02. The number of halogens is 3. The predicted octanol–water partition coefficient (Wildman–Crippen LogP) is 8.34. The van der Waals surface area contributed by atoms with Crippen LogP contribution in [-0.2, 0) is 81.4 Å². The zero-order valence-corrected chi connectivity index (χ0v) is 38.9. The highest BCUT2D eigenvalue weighted by molar-refractivity contribution is 6.76. The van der Waals surface area contributed by atoms with Gasteiger partial charge < -0.3 is 61.6 Å². The van der Waals surface area contributed by atoms with Crippen LogP contribution in [0.25, 0.3) is 0 Å². The van der Waals surface area contributed by atoms with Crippen LogP contribution < -0.4 is 0 Å². The molecule has 7 unspecified atom stereocenters. The fraction of sp³-hybridized carbons (Fsp3) is 0.490.